The highest BCUT2D eigenvalue weighted by Crippen LogP contribution is 2.34. The molecule has 5 rings (SSSR count). The molecule has 4 aromatic rings. The third kappa shape index (κ3) is 3.44. The van der Waals surface area contributed by atoms with Crippen molar-refractivity contribution in [1.29, 1.82) is 0 Å². The molecule has 6 heteroatoms. The number of nitrogens with zero attached hydrogens (tertiary/aromatic N) is 2. The monoisotopic (exact) mass is 452 g/mol. The molecule has 2 aromatic heterocycles. The van der Waals surface area contributed by atoms with Gasteiger partial charge in [-0.3, -0.25) is 4.79 Å². The van der Waals surface area contributed by atoms with Crippen LogP contribution in [0.25, 0.3) is 33.8 Å². The predicted octanol–water partition coefficient (Wildman–Crippen LogP) is 4.36. The molecule has 6 nitrogen and oxygen atoms in total. The van der Waals surface area contributed by atoms with Crippen LogP contribution in [0.15, 0.2) is 79.0 Å². The summed E-state index contributed by atoms with van der Waals surface area (Å²) in [5.74, 6) is -0.472. The van der Waals surface area contributed by atoms with Crippen LogP contribution in [-0.4, -0.2) is 17.5 Å². The fraction of sp³-hybridized carbons (Fsp3) is 0.143. The fourth-order valence-corrected chi connectivity index (χ4v) is 4.65. The Balaban J connectivity index is 1.77. The number of ether oxygens (including phenoxy) is 1. The molecule has 0 saturated heterocycles. The van der Waals surface area contributed by atoms with E-state index in [1.807, 2.05) is 22.8 Å². The number of pyridine rings is 2. The maximum absolute atomic E-state index is 11.7. The topological polar surface area (TPSA) is 71.4 Å². The summed E-state index contributed by atoms with van der Waals surface area (Å²) in [5, 5.41) is 9.56. The van der Waals surface area contributed by atoms with Gasteiger partial charge in [-0.05, 0) is 48.4 Å². The minimum absolute atomic E-state index is 0.244. The predicted molar refractivity (Wildman–Crippen MR) is 126 cm³/mol. The molecule has 3 heterocycles. The zero-order valence-corrected chi connectivity index (χ0v) is 19.1. The summed E-state index contributed by atoms with van der Waals surface area (Å²) in [6.07, 6.45) is 1.70. The number of hydrogen-bond acceptors (Lipinski definition) is 3. The summed E-state index contributed by atoms with van der Waals surface area (Å²) in [7, 11) is 0. The van der Waals surface area contributed by atoms with Crippen LogP contribution in [0.4, 0.5) is 0 Å². The van der Waals surface area contributed by atoms with E-state index in [0.29, 0.717) is 12.2 Å². The fourth-order valence-electron chi connectivity index (χ4n) is 4.65. The van der Waals surface area contributed by atoms with Gasteiger partial charge in [0.05, 0.1) is 13.8 Å². The summed E-state index contributed by atoms with van der Waals surface area (Å²) in [6.45, 7) is 6.64. The summed E-state index contributed by atoms with van der Waals surface area (Å²) >= 11 is 0. The number of aromatic nitrogens is 2. The lowest BCUT2D eigenvalue weighted by Crippen LogP contribution is -2.66. The Bertz CT molecular complexity index is 1440. The van der Waals surface area contributed by atoms with E-state index < -0.39 is 11.6 Å². The second-order valence-electron chi connectivity index (χ2n) is 8.93. The van der Waals surface area contributed by atoms with Gasteiger partial charge in [-0.1, -0.05) is 29.8 Å². The van der Waals surface area contributed by atoms with Crippen LogP contribution in [0, 0.1) is 6.92 Å². The maximum atomic E-state index is 11.7. The highest BCUT2D eigenvalue weighted by atomic mass is 16.5. The molecule has 0 saturated carbocycles. The Morgan fingerprint density at radius 2 is 1.50 bits per heavy atom. The number of aryl methyl sites for hydroxylation is 1. The average Bonchev–Trinajstić information content (AvgIpc) is 3.06. The van der Waals surface area contributed by atoms with Crippen molar-refractivity contribution in [2.24, 2.45) is 0 Å². The Morgan fingerprint density at radius 1 is 0.853 bits per heavy atom. The third-order valence-corrected chi connectivity index (χ3v) is 6.38. The van der Waals surface area contributed by atoms with E-state index in [1.54, 1.807) is 24.4 Å². The number of hydrogen-bond donors (Lipinski definition) is 1. The summed E-state index contributed by atoms with van der Waals surface area (Å²) in [6, 6.07) is 23.5. The quantitative estimate of drug-likeness (QED) is 0.361. The summed E-state index contributed by atoms with van der Waals surface area (Å²) in [5.41, 5.74) is 6.88. The molecule has 0 unspecified atom stereocenters. The second kappa shape index (κ2) is 7.92. The van der Waals surface area contributed by atoms with Crippen LogP contribution in [0.2, 0.25) is 0 Å². The van der Waals surface area contributed by atoms with Crippen molar-refractivity contribution in [2.75, 3.05) is 0 Å². The molecular weight excluding hydrogens is 428 g/mol. The first-order valence-corrected chi connectivity index (χ1v) is 11.0. The van der Waals surface area contributed by atoms with E-state index in [2.05, 4.69) is 61.7 Å². The Hall–Kier alpha value is -4.32. The van der Waals surface area contributed by atoms with E-state index in [1.165, 1.54) is 5.56 Å². The van der Waals surface area contributed by atoms with E-state index in [4.69, 9.17) is 4.74 Å². The Labute approximate surface area is 197 Å². The number of carboxylic acids is 1. The molecule has 0 bridgehead atoms. The van der Waals surface area contributed by atoms with Gasteiger partial charge in [0.25, 0.3) is 17.9 Å². The Kier molecular flexibility index (Phi) is 5.01. The molecule has 1 N–H and O–H groups in total. The first-order chi connectivity index (χ1) is 16.3. The number of benzene rings is 2. The minimum Gasteiger partial charge on any atom is -0.477 e. The lowest BCUT2D eigenvalue weighted by molar-refractivity contribution is -0.950. The number of aromatic carboxylic acids is 1. The number of rotatable bonds is 5. The SMILES string of the molecule is Cc1ccc(-c2cc(-c3ccc(OC=O)cc3)cc3[n+]2C(C)(C)[n+]2cc(C(=O)O)ccc2-3)cc1. The molecule has 168 valence electrons. The molecule has 0 amide bonds. The van der Waals surface area contributed by atoms with Gasteiger partial charge < -0.3 is 9.84 Å². The molecule has 34 heavy (non-hydrogen) atoms. The van der Waals surface area contributed by atoms with E-state index in [9.17, 15) is 14.7 Å². The largest absolute Gasteiger partial charge is 0.477 e. The maximum Gasteiger partial charge on any atom is 0.356 e. The van der Waals surface area contributed by atoms with Crippen molar-refractivity contribution in [3.05, 3.63) is 90.1 Å². The van der Waals surface area contributed by atoms with Crippen LogP contribution in [0.3, 0.4) is 0 Å². The van der Waals surface area contributed by atoms with Gasteiger partial charge in [0.15, 0.2) is 6.20 Å². The lowest BCUT2D eigenvalue weighted by Gasteiger charge is -2.14. The normalized spacial score (nSPS) is 13.1. The van der Waals surface area contributed by atoms with Crippen molar-refractivity contribution >= 4 is 12.4 Å². The van der Waals surface area contributed by atoms with Crippen molar-refractivity contribution in [3.8, 4) is 39.5 Å². The van der Waals surface area contributed by atoms with E-state index in [-0.39, 0.29) is 5.56 Å². The van der Waals surface area contributed by atoms with E-state index >= 15 is 0 Å². The number of carbonyl (C=O) groups excluding carboxylic acids is 1. The smallest absolute Gasteiger partial charge is 0.356 e. The number of carboxylic acid groups (broad SMARTS) is 1. The first-order valence-electron chi connectivity index (χ1n) is 11.0. The summed E-state index contributed by atoms with van der Waals surface area (Å²) in [4.78, 5) is 22.3. The van der Waals surface area contributed by atoms with Crippen LogP contribution in [-0.2, 0) is 10.5 Å². The summed E-state index contributed by atoms with van der Waals surface area (Å²) < 4.78 is 9.22. The van der Waals surface area contributed by atoms with Gasteiger partial charge in [-0.15, -0.1) is 9.13 Å². The first kappa shape index (κ1) is 21.5. The molecule has 1 aliphatic heterocycles. The zero-order chi connectivity index (χ0) is 24.0. The number of carbonyl (C=O) groups is 2. The van der Waals surface area contributed by atoms with Crippen LogP contribution >= 0.6 is 0 Å². The molecular formula is C28H24N2O4+2. The van der Waals surface area contributed by atoms with Gasteiger partial charge in [0, 0.05) is 23.8 Å². The van der Waals surface area contributed by atoms with Crippen LogP contribution in [0.5, 0.6) is 5.75 Å². The standard InChI is InChI=1S/C28H23N2O4/c1-18-4-6-20(7-5-18)25-14-22(19-8-11-23(12-9-19)34-17-31)15-26-24-13-10-21(27(32)33)16-29(24)28(2,3)30(25)26/h4-17H,1-3H3/q+1/p+1. The number of fused-ring (bicyclic) bond motifs is 3. The highest BCUT2D eigenvalue weighted by Gasteiger charge is 2.53. The van der Waals surface area contributed by atoms with Crippen LogP contribution < -0.4 is 13.9 Å². The molecule has 0 atom stereocenters. The molecule has 0 fully saturated rings. The lowest BCUT2D eigenvalue weighted by atomic mass is 9.99. The second-order valence-corrected chi connectivity index (χ2v) is 8.93. The molecule has 1 aliphatic rings. The van der Waals surface area contributed by atoms with Gasteiger partial charge >= 0.3 is 11.6 Å². The van der Waals surface area contributed by atoms with Crippen LogP contribution in [0.1, 0.15) is 29.8 Å². The molecule has 0 aliphatic carbocycles. The molecule has 2 aromatic carbocycles. The van der Waals surface area contributed by atoms with E-state index in [0.717, 1.165) is 33.8 Å². The molecule has 0 radical (unpaired) electrons. The van der Waals surface area contributed by atoms with Crippen molar-refractivity contribution in [3.63, 3.8) is 0 Å². The molecule has 0 spiro atoms. The zero-order valence-electron chi connectivity index (χ0n) is 19.1. The highest BCUT2D eigenvalue weighted by molar-refractivity contribution is 5.87. The van der Waals surface area contributed by atoms with Gasteiger partial charge in [0.2, 0.25) is 5.69 Å². The van der Waals surface area contributed by atoms with Crippen molar-refractivity contribution in [1.82, 2.24) is 0 Å². The third-order valence-electron chi connectivity index (χ3n) is 6.38. The van der Waals surface area contributed by atoms with Gasteiger partial charge in [-0.25, -0.2) is 4.79 Å². The average molecular weight is 453 g/mol. The Morgan fingerprint density at radius 3 is 2.15 bits per heavy atom. The van der Waals surface area contributed by atoms with Gasteiger partial charge in [-0.2, -0.15) is 0 Å². The van der Waals surface area contributed by atoms with Crippen molar-refractivity contribution < 1.29 is 28.6 Å². The van der Waals surface area contributed by atoms with Crippen molar-refractivity contribution in [2.45, 2.75) is 26.4 Å². The van der Waals surface area contributed by atoms with Gasteiger partial charge in [0.1, 0.15) is 11.3 Å². The minimum atomic E-state index is -0.955.